The Labute approximate surface area is 149 Å². The second kappa shape index (κ2) is 7.80. The molecule has 1 unspecified atom stereocenters. The highest BCUT2D eigenvalue weighted by atomic mass is 35.5. The van der Waals surface area contributed by atoms with E-state index in [0.29, 0.717) is 0 Å². The fourth-order valence-corrected chi connectivity index (χ4v) is 2.82. The Morgan fingerprint density at radius 2 is 1.85 bits per heavy atom. The highest BCUT2D eigenvalue weighted by molar-refractivity contribution is 7.89. The van der Waals surface area contributed by atoms with Crippen molar-refractivity contribution in [3.63, 3.8) is 0 Å². The number of ether oxygens (including phenoxy) is 1. The molecule has 1 rings (SSSR count). The van der Waals surface area contributed by atoms with Crippen molar-refractivity contribution in [2.45, 2.75) is 30.0 Å². The first-order valence-corrected chi connectivity index (χ1v) is 8.39. The fraction of sp³-hybridized carbons (Fsp3) is 0.417. The molecule has 26 heavy (non-hydrogen) atoms. The largest absolute Gasteiger partial charge is 0.495 e. The summed E-state index contributed by atoms with van der Waals surface area (Å²) in [5.74, 6) is -0.184. The lowest BCUT2D eigenvalue weighted by atomic mass is 10.0. The third-order valence-electron chi connectivity index (χ3n) is 3.11. The third-order valence-corrected chi connectivity index (χ3v) is 4.62. The van der Waals surface area contributed by atoms with Gasteiger partial charge in [0.1, 0.15) is 10.6 Å². The number of hydrazine groups is 1. The minimum Gasteiger partial charge on any atom is -0.495 e. The first-order chi connectivity index (χ1) is 11.7. The molecule has 14 heteroatoms. The molecule has 0 radical (unpaired) electrons. The van der Waals surface area contributed by atoms with Gasteiger partial charge in [0.05, 0.1) is 7.11 Å². The van der Waals surface area contributed by atoms with Gasteiger partial charge in [-0.1, -0.05) is 11.6 Å². The van der Waals surface area contributed by atoms with E-state index >= 15 is 0 Å². The van der Waals surface area contributed by atoms with Gasteiger partial charge in [0.25, 0.3) is 16.4 Å². The monoisotopic (exact) mass is 425 g/mol. The zero-order valence-electron chi connectivity index (χ0n) is 13.1. The number of sulfonamides is 1. The van der Waals surface area contributed by atoms with Crippen LogP contribution in [0, 0.1) is 0 Å². The molecule has 0 saturated heterocycles. The van der Waals surface area contributed by atoms with Gasteiger partial charge in [-0.2, -0.15) is 13.2 Å². The highest BCUT2D eigenvalue weighted by Crippen LogP contribution is 2.35. The van der Waals surface area contributed by atoms with Crippen molar-refractivity contribution in [1.29, 1.82) is 0 Å². The molecule has 1 aromatic carbocycles. The van der Waals surface area contributed by atoms with Crippen LogP contribution in [0.1, 0.15) is 6.92 Å². The summed E-state index contributed by atoms with van der Waals surface area (Å²) < 4.78 is 92.5. The summed E-state index contributed by atoms with van der Waals surface area (Å²) in [6, 6.07) is 1.59. The van der Waals surface area contributed by atoms with Gasteiger partial charge in [0.15, 0.2) is 5.54 Å². The molecule has 0 aliphatic rings. The molecule has 0 aromatic heterocycles. The van der Waals surface area contributed by atoms with Crippen molar-refractivity contribution in [2.24, 2.45) is 0 Å². The Morgan fingerprint density at radius 1 is 1.27 bits per heavy atom. The van der Waals surface area contributed by atoms with Crippen LogP contribution in [0.15, 0.2) is 23.1 Å². The predicted octanol–water partition coefficient (Wildman–Crippen LogP) is 2.43. The van der Waals surface area contributed by atoms with Crippen LogP contribution in [0.3, 0.4) is 0 Å². The molecule has 0 heterocycles. The van der Waals surface area contributed by atoms with E-state index in [9.17, 15) is 35.2 Å². The van der Waals surface area contributed by atoms with Gasteiger partial charge in [-0.3, -0.25) is 5.43 Å². The number of rotatable bonds is 6. The molecule has 2 amide bonds. The second-order valence-electron chi connectivity index (χ2n) is 4.98. The van der Waals surface area contributed by atoms with Gasteiger partial charge in [0.2, 0.25) is 0 Å². The van der Waals surface area contributed by atoms with E-state index in [0.717, 1.165) is 18.5 Å². The number of hydrogen-bond donors (Lipinski definition) is 3. The zero-order valence-corrected chi connectivity index (χ0v) is 14.7. The lowest BCUT2D eigenvalue weighted by Crippen LogP contribution is -2.64. The van der Waals surface area contributed by atoms with Crippen molar-refractivity contribution >= 4 is 27.7 Å². The van der Waals surface area contributed by atoms with Crippen LogP contribution < -0.4 is 20.3 Å². The van der Waals surface area contributed by atoms with Crippen LogP contribution in [0.5, 0.6) is 5.75 Å². The lowest BCUT2D eigenvalue weighted by molar-refractivity contribution is -0.221. The average molecular weight is 426 g/mol. The van der Waals surface area contributed by atoms with Crippen molar-refractivity contribution in [3.8, 4) is 5.75 Å². The SMILES string of the molecule is COc1ccc(Cl)cc1S(=O)(=O)NNC(=O)NC(C)(C(F)F)C(F)(F)F. The van der Waals surface area contributed by atoms with Crippen LogP contribution in [-0.4, -0.2) is 39.7 Å². The molecule has 3 N–H and O–H groups in total. The summed E-state index contributed by atoms with van der Waals surface area (Å²) >= 11 is 5.66. The molecule has 0 aliphatic heterocycles. The van der Waals surface area contributed by atoms with E-state index < -0.39 is 39.1 Å². The van der Waals surface area contributed by atoms with E-state index in [1.54, 1.807) is 0 Å². The number of halogens is 6. The summed E-state index contributed by atoms with van der Waals surface area (Å²) in [6.07, 6.45) is -9.49. The van der Waals surface area contributed by atoms with Crippen LogP contribution >= 0.6 is 11.6 Å². The van der Waals surface area contributed by atoms with Crippen molar-refractivity contribution in [1.82, 2.24) is 15.6 Å². The summed E-state index contributed by atoms with van der Waals surface area (Å²) in [7, 11) is -3.39. The summed E-state index contributed by atoms with van der Waals surface area (Å²) in [6.45, 7) is 0.0474. The number of amides is 2. The third kappa shape index (κ3) is 4.86. The molecule has 7 nitrogen and oxygen atoms in total. The maximum absolute atomic E-state index is 12.7. The van der Waals surface area contributed by atoms with E-state index in [1.807, 2.05) is 0 Å². The number of urea groups is 1. The fourth-order valence-electron chi connectivity index (χ4n) is 1.55. The van der Waals surface area contributed by atoms with Gasteiger partial charge in [-0.15, -0.1) is 4.83 Å². The van der Waals surface area contributed by atoms with Gasteiger partial charge in [-0.25, -0.2) is 22.0 Å². The van der Waals surface area contributed by atoms with E-state index in [2.05, 4.69) is 0 Å². The van der Waals surface area contributed by atoms with Crippen LogP contribution in [0.2, 0.25) is 5.02 Å². The van der Waals surface area contributed by atoms with Crippen molar-refractivity contribution in [3.05, 3.63) is 23.2 Å². The summed E-state index contributed by atoms with van der Waals surface area (Å²) in [4.78, 5) is 12.4. The predicted molar refractivity (Wildman–Crippen MR) is 80.5 cm³/mol. The molecule has 0 bridgehead atoms. The minimum absolute atomic E-state index is 0.0158. The molecule has 148 valence electrons. The number of benzene rings is 1. The quantitative estimate of drug-likeness (QED) is 0.482. The Kier molecular flexibility index (Phi) is 6.65. The van der Waals surface area contributed by atoms with Crippen LogP contribution in [0.4, 0.5) is 26.7 Å². The maximum atomic E-state index is 12.7. The molecular formula is C12H13ClF5N3O4S. The van der Waals surface area contributed by atoms with Crippen LogP contribution in [0.25, 0.3) is 0 Å². The Bertz CT molecular complexity index is 775. The number of carbonyl (C=O) groups excluding carboxylic acids is 1. The Balaban J connectivity index is 2.95. The minimum atomic E-state index is -5.49. The molecule has 0 spiro atoms. The highest BCUT2D eigenvalue weighted by Gasteiger charge is 2.59. The number of nitrogens with one attached hydrogen (secondary N) is 3. The van der Waals surface area contributed by atoms with Gasteiger partial charge < -0.3 is 10.1 Å². The standard InChI is InChI=1S/C12H13ClF5N3O4S/c1-11(9(14)15,12(16,17)18)19-10(22)20-21-26(23,24)8-5-6(13)3-4-7(8)25-2/h3-5,9,21H,1-2H3,(H2,19,20,22). The van der Waals surface area contributed by atoms with E-state index in [4.69, 9.17) is 16.3 Å². The van der Waals surface area contributed by atoms with E-state index in [-0.39, 0.29) is 17.7 Å². The van der Waals surface area contributed by atoms with Crippen molar-refractivity contribution in [2.75, 3.05) is 7.11 Å². The second-order valence-corrected chi connectivity index (χ2v) is 7.07. The molecule has 0 fully saturated rings. The number of hydrogen-bond acceptors (Lipinski definition) is 4. The topological polar surface area (TPSA) is 96.5 Å². The molecule has 0 aliphatic carbocycles. The Hall–Kier alpha value is -1.86. The van der Waals surface area contributed by atoms with Gasteiger partial charge in [-0.05, 0) is 25.1 Å². The first kappa shape index (κ1) is 22.2. The van der Waals surface area contributed by atoms with Crippen LogP contribution in [-0.2, 0) is 10.0 Å². The smallest absolute Gasteiger partial charge is 0.416 e. The van der Waals surface area contributed by atoms with Gasteiger partial charge >= 0.3 is 12.2 Å². The number of carbonyl (C=O) groups is 1. The summed E-state index contributed by atoms with van der Waals surface area (Å²) in [5, 5.41) is 0.972. The first-order valence-electron chi connectivity index (χ1n) is 6.53. The number of methoxy groups -OCH3 is 1. The molecule has 1 atom stereocenters. The van der Waals surface area contributed by atoms with Gasteiger partial charge in [0, 0.05) is 5.02 Å². The number of alkyl halides is 5. The average Bonchev–Trinajstić information content (AvgIpc) is 2.51. The zero-order chi connectivity index (χ0) is 20.3. The normalized spacial score (nSPS) is 14.7. The summed E-state index contributed by atoms with van der Waals surface area (Å²) in [5.41, 5.74) is -2.54. The molecule has 0 saturated carbocycles. The van der Waals surface area contributed by atoms with Crippen molar-refractivity contribution < 1.29 is 39.9 Å². The Morgan fingerprint density at radius 3 is 2.31 bits per heavy atom. The lowest BCUT2D eigenvalue weighted by Gasteiger charge is -2.31. The molecular weight excluding hydrogens is 413 g/mol. The maximum Gasteiger partial charge on any atom is 0.416 e. The molecule has 1 aromatic rings. The van der Waals surface area contributed by atoms with E-state index in [1.165, 1.54) is 22.4 Å².